The first-order valence-corrected chi connectivity index (χ1v) is 35.8. The number of halogens is 2. The summed E-state index contributed by atoms with van der Waals surface area (Å²) >= 11 is 0. The monoisotopic (exact) mass is 1350 g/mol. The predicted octanol–water partition coefficient (Wildman–Crippen LogP) is 23.7. The number of ether oxygens (including phenoxy) is 4. The first-order valence-electron chi connectivity index (χ1n) is 35.8. The summed E-state index contributed by atoms with van der Waals surface area (Å²) in [6, 6.07) is 101. The van der Waals surface area contributed by atoms with Crippen LogP contribution in [0.4, 0.5) is 42.9 Å². The molecule has 0 saturated carbocycles. The summed E-state index contributed by atoms with van der Waals surface area (Å²) in [7, 11) is 0. The van der Waals surface area contributed by atoms with Crippen LogP contribution in [-0.2, 0) is 20.3 Å². The van der Waals surface area contributed by atoms with Crippen LogP contribution in [0, 0.1) is 22.5 Å². The topological polar surface area (TPSA) is 43.4 Å². The highest BCUT2D eigenvalue weighted by atomic mass is 19.1. The Bertz CT molecular complexity index is 5450. The summed E-state index contributed by atoms with van der Waals surface area (Å²) in [6.07, 6.45) is 8.07. The van der Waals surface area contributed by atoms with Crippen LogP contribution in [0.2, 0.25) is 0 Å². The van der Waals surface area contributed by atoms with Crippen LogP contribution in [0.5, 0.6) is 11.5 Å². The molecule has 0 bridgehead atoms. The number of anilines is 6. The van der Waals surface area contributed by atoms with E-state index in [-0.39, 0.29) is 22.5 Å². The van der Waals surface area contributed by atoms with Crippen molar-refractivity contribution in [1.29, 1.82) is 0 Å². The van der Waals surface area contributed by atoms with Gasteiger partial charge in [-0.1, -0.05) is 209 Å². The number of nitrogens with zero attached hydrogens (tertiary/aromatic N) is 2. The normalized spacial score (nSPS) is 17.5. The van der Waals surface area contributed by atoms with Crippen LogP contribution in [0.1, 0.15) is 78.1 Å². The van der Waals surface area contributed by atoms with Gasteiger partial charge in [0, 0.05) is 34.1 Å². The Morgan fingerprint density at radius 2 is 0.806 bits per heavy atom. The minimum Gasteiger partial charge on any atom is -0.493 e. The van der Waals surface area contributed by atoms with Gasteiger partial charge >= 0.3 is 0 Å². The van der Waals surface area contributed by atoms with Gasteiger partial charge in [0.25, 0.3) is 0 Å². The lowest BCUT2D eigenvalue weighted by molar-refractivity contribution is -0.133. The Balaban J connectivity index is 0.747. The Labute approximate surface area is 601 Å². The zero-order valence-corrected chi connectivity index (χ0v) is 58.1. The van der Waals surface area contributed by atoms with E-state index in [9.17, 15) is 0 Å². The second-order valence-electron chi connectivity index (χ2n) is 28.3. The van der Waals surface area contributed by atoms with Gasteiger partial charge in [-0.25, -0.2) is 8.78 Å². The summed E-state index contributed by atoms with van der Waals surface area (Å²) in [4.78, 5) is 4.31. The summed E-state index contributed by atoms with van der Waals surface area (Å²) in [5.41, 5.74) is 18.8. The summed E-state index contributed by atoms with van der Waals surface area (Å²) in [6.45, 7) is 14.8. The Morgan fingerprint density at radius 3 is 1.28 bits per heavy atom. The standard InChI is InChI=1S/C95H78F2N2O4/c1-5-8-26-88-64(4)85-50-44-81(56-90(85)94(88,73-34-28-65-17-9-11-19-69(65)52-73)71-36-46-83(47-37-71)102-62-92(6-2)58-100-59-92)98(79-23-15-21-75(96)54-79)77-40-30-67(31-41-77)68-32-42-78(43-33-68)99(80-24-16-22-76(97)55-80)82-45-51-87-86-25-13-14-27-89(86)95(91(87)57-82,74-35-29-66-18-10-12-20-70(66)53-74)72-38-48-84(49-39-72)103-63-93(7-3)60-101-61-93/h5,8-57H,1,6-7,58-63H2,2-4H3/b26-8-. The summed E-state index contributed by atoms with van der Waals surface area (Å²) < 4.78 is 56.0. The first kappa shape index (κ1) is 64.9. The molecule has 2 atom stereocenters. The van der Waals surface area contributed by atoms with Crippen LogP contribution in [0.15, 0.2) is 322 Å². The lowest BCUT2D eigenvalue weighted by Crippen LogP contribution is -2.46. The lowest BCUT2D eigenvalue weighted by Gasteiger charge is -2.40. The quantitative estimate of drug-likeness (QED) is 0.0668. The second kappa shape index (κ2) is 26.5. The zero-order valence-electron chi connectivity index (χ0n) is 58.1. The molecule has 13 aromatic rings. The molecular weight excluding hydrogens is 1270 g/mol. The first-order chi connectivity index (χ1) is 50.5. The van der Waals surface area contributed by atoms with Gasteiger partial charge in [0.15, 0.2) is 0 Å². The van der Waals surface area contributed by atoms with Crippen LogP contribution in [0.3, 0.4) is 0 Å². The zero-order chi connectivity index (χ0) is 69.9. The fraction of sp³-hybridized carbons (Fsp3) is 0.158. The van der Waals surface area contributed by atoms with E-state index < -0.39 is 10.8 Å². The van der Waals surface area contributed by atoms with Gasteiger partial charge in [-0.05, 0) is 241 Å². The molecule has 0 amide bonds. The number of hydrogen-bond donors (Lipinski definition) is 0. The van der Waals surface area contributed by atoms with Crippen molar-refractivity contribution in [1.82, 2.24) is 0 Å². The molecule has 2 fully saturated rings. The minimum atomic E-state index is -0.806. The average molecular weight is 1350 g/mol. The van der Waals surface area contributed by atoms with Crippen LogP contribution in [-0.4, -0.2) is 39.6 Å². The maximum Gasteiger partial charge on any atom is 0.125 e. The number of allylic oxidation sites excluding steroid dienone is 5. The number of hydrogen-bond acceptors (Lipinski definition) is 6. The van der Waals surface area contributed by atoms with Gasteiger partial charge in [-0.3, -0.25) is 0 Å². The van der Waals surface area contributed by atoms with Crippen LogP contribution >= 0.6 is 0 Å². The van der Waals surface area contributed by atoms with Crippen LogP contribution in [0.25, 0.3) is 49.4 Å². The molecular formula is C95H78F2N2O4. The molecule has 506 valence electrons. The van der Waals surface area contributed by atoms with E-state index in [1.807, 2.05) is 24.3 Å². The molecule has 8 heteroatoms. The highest BCUT2D eigenvalue weighted by Gasteiger charge is 2.49. The predicted molar refractivity (Wildman–Crippen MR) is 416 cm³/mol. The van der Waals surface area contributed by atoms with E-state index in [2.05, 4.69) is 286 Å². The Morgan fingerprint density at radius 1 is 0.388 bits per heavy atom. The van der Waals surface area contributed by atoms with Crippen molar-refractivity contribution in [2.24, 2.45) is 10.8 Å². The van der Waals surface area contributed by atoms with Crippen molar-refractivity contribution >= 4 is 61.2 Å². The molecule has 17 rings (SSSR count). The molecule has 2 heterocycles. The molecule has 6 nitrogen and oxygen atoms in total. The molecule has 4 aliphatic rings. The van der Waals surface area contributed by atoms with Gasteiger partial charge in [-0.2, -0.15) is 0 Å². The van der Waals surface area contributed by atoms with Crippen molar-refractivity contribution in [3.8, 4) is 33.8 Å². The van der Waals surface area contributed by atoms with E-state index in [4.69, 9.17) is 18.9 Å². The van der Waals surface area contributed by atoms with Crippen molar-refractivity contribution in [3.63, 3.8) is 0 Å². The number of fused-ring (bicyclic) bond motifs is 6. The second-order valence-corrected chi connectivity index (χ2v) is 28.3. The number of benzene rings is 13. The summed E-state index contributed by atoms with van der Waals surface area (Å²) in [5, 5.41) is 4.60. The molecule has 103 heavy (non-hydrogen) atoms. The molecule has 0 radical (unpaired) electrons. The van der Waals surface area contributed by atoms with Gasteiger partial charge in [0.2, 0.25) is 0 Å². The van der Waals surface area contributed by atoms with Crippen LogP contribution < -0.4 is 19.3 Å². The minimum absolute atomic E-state index is 0.0238. The van der Waals surface area contributed by atoms with Crippen molar-refractivity contribution in [2.75, 3.05) is 49.4 Å². The molecule has 2 aliphatic carbocycles. The molecule has 2 saturated heterocycles. The SMILES string of the molecule is C=C/C=C\C1=C(C)c2ccc(N(c3ccc(-c4ccc(N(c5cccc(F)c5)c5ccc6c(c5)C(c5ccc(OCC7(CC)COC7)cc5)(c5ccc7ccccc7c5)c5ccccc5-6)cc4)cc3)c3cccc(F)c3)cc2C1(c1ccc(OCC2(CC)COC2)cc1)c1ccc2ccccc2c1. The third-order valence-electron chi connectivity index (χ3n) is 22.4. The van der Waals surface area contributed by atoms with E-state index >= 15 is 8.78 Å². The smallest absolute Gasteiger partial charge is 0.125 e. The van der Waals surface area contributed by atoms with Crippen molar-refractivity contribution in [2.45, 2.75) is 44.4 Å². The van der Waals surface area contributed by atoms with Crippen molar-refractivity contribution in [3.05, 3.63) is 378 Å². The molecule has 2 unspecified atom stereocenters. The van der Waals surface area contributed by atoms with E-state index in [1.54, 1.807) is 24.3 Å². The van der Waals surface area contributed by atoms with Crippen molar-refractivity contribution < 1.29 is 27.7 Å². The average Bonchev–Trinajstić information content (AvgIpc) is 1.56. The third kappa shape index (κ3) is 11.2. The number of rotatable bonds is 21. The Hall–Kier alpha value is -11.4. The third-order valence-corrected chi connectivity index (χ3v) is 22.4. The molecule has 2 aliphatic heterocycles. The maximum atomic E-state index is 15.8. The molecule has 0 N–H and O–H groups in total. The summed E-state index contributed by atoms with van der Waals surface area (Å²) in [5.74, 6) is 0.957. The highest BCUT2D eigenvalue weighted by Crippen LogP contribution is 2.60. The lowest BCUT2D eigenvalue weighted by atomic mass is 9.66. The maximum absolute atomic E-state index is 15.8. The largest absolute Gasteiger partial charge is 0.493 e. The van der Waals surface area contributed by atoms with Gasteiger partial charge in [0.1, 0.15) is 23.1 Å². The van der Waals surface area contributed by atoms with Gasteiger partial charge in [-0.15, -0.1) is 0 Å². The molecule has 13 aromatic carbocycles. The van der Waals surface area contributed by atoms with E-state index in [0.29, 0.717) is 51.0 Å². The fourth-order valence-electron chi connectivity index (χ4n) is 16.5. The highest BCUT2D eigenvalue weighted by molar-refractivity contribution is 5.94. The molecule has 0 spiro atoms. The molecule has 0 aromatic heterocycles. The Kier molecular flexibility index (Phi) is 16.7. The fourth-order valence-corrected chi connectivity index (χ4v) is 16.5. The van der Waals surface area contributed by atoms with Gasteiger partial charge in [0.05, 0.1) is 61.3 Å². The van der Waals surface area contributed by atoms with E-state index in [1.165, 1.54) is 17.7 Å². The van der Waals surface area contributed by atoms with E-state index in [0.717, 1.165) is 141 Å². The van der Waals surface area contributed by atoms with Gasteiger partial charge < -0.3 is 28.7 Å².